The fraction of sp³-hybridized carbons (Fsp3) is 0.714. The van der Waals surface area contributed by atoms with Crippen molar-refractivity contribution in [2.75, 3.05) is 65.7 Å². The molecular weight excluding hydrogens is 596 g/mol. The van der Waals surface area contributed by atoms with E-state index >= 15 is 0 Å². The van der Waals surface area contributed by atoms with Crippen molar-refractivity contribution in [1.29, 1.82) is 0 Å². The molecule has 2 rings (SSSR count). The van der Waals surface area contributed by atoms with Gasteiger partial charge in [-0.2, -0.15) is 0 Å². The summed E-state index contributed by atoms with van der Waals surface area (Å²) in [5, 5.41) is 39.8. The molecular formula is C42H74N2O4+2. The Kier molecular flexibility index (Phi) is 23.0. The van der Waals surface area contributed by atoms with Crippen molar-refractivity contribution in [3.63, 3.8) is 0 Å². The highest BCUT2D eigenvalue weighted by molar-refractivity contribution is 5.63. The van der Waals surface area contributed by atoms with Crippen LogP contribution in [-0.2, 0) is 13.1 Å². The van der Waals surface area contributed by atoms with Gasteiger partial charge in [-0.3, -0.25) is 0 Å². The quantitative estimate of drug-likeness (QED) is 0.0481. The van der Waals surface area contributed by atoms with Crippen LogP contribution in [0.5, 0.6) is 0 Å². The van der Waals surface area contributed by atoms with Crippen LogP contribution in [0, 0.1) is 0 Å². The van der Waals surface area contributed by atoms with Crippen molar-refractivity contribution < 1.29 is 29.4 Å². The molecule has 2 aromatic rings. The largest absolute Gasteiger partial charge is 0.391 e. The van der Waals surface area contributed by atoms with Crippen LogP contribution >= 0.6 is 0 Å². The smallest absolute Gasteiger partial charge is 0.104 e. The highest BCUT2D eigenvalue weighted by Gasteiger charge is 2.28. The molecule has 0 aliphatic carbocycles. The average Bonchev–Trinajstić information content (AvgIpc) is 3.08. The lowest BCUT2D eigenvalue weighted by Gasteiger charge is -2.38. The van der Waals surface area contributed by atoms with E-state index in [0.29, 0.717) is 26.2 Å². The summed E-state index contributed by atoms with van der Waals surface area (Å²) in [5.74, 6) is 0. The molecule has 0 bridgehead atoms. The molecule has 6 nitrogen and oxygen atoms in total. The Morgan fingerprint density at radius 3 is 0.896 bits per heavy atom. The van der Waals surface area contributed by atoms with Crippen LogP contribution in [0.15, 0.2) is 48.5 Å². The molecule has 0 spiro atoms. The Bertz CT molecular complexity index is 931. The number of hydrogen-bond acceptors (Lipinski definition) is 4. The molecule has 0 atom stereocenters. The molecule has 48 heavy (non-hydrogen) atoms. The topological polar surface area (TPSA) is 80.9 Å². The lowest BCUT2D eigenvalue weighted by Crippen LogP contribution is -2.51. The van der Waals surface area contributed by atoms with Crippen molar-refractivity contribution in [3.8, 4) is 11.1 Å². The summed E-state index contributed by atoms with van der Waals surface area (Å²) in [7, 11) is 0. The van der Waals surface area contributed by atoms with Crippen LogP contribution < -0.4 is 0 Å². The number of hydrogen-bond donors (Lipinski definition) is 4. The first-order valence-electron chi connectivity index (χ1n) is 19.8. The third-order valence-electron chi connectivity index (χ3n) is 10.5. The van der Waals surface area contributed by atoms with Gasteiger partial charge in [0.15, 0.2) is 0 Å². The molecule has 0 aliphatic rings. The number of unbranched alkanes of at least 4 members (excludes halogenated alkanes) is 14. The van der Waals surface area contributed by atoms with Crippen LogP contribution in [0.25, 0.3) is 11.1 Å². The van der Waals surface area contributed by atoms with E-state index in [9.17, 15) is 20.4 Å². The second kappa shape index (κ2) is 26.1. The minimum Gasteiger partial charge on any atom is -0.391 e. The minimum absolute atomic E-state index is 0.136. The standard InChI is InChI=1S/C42H74N2O4/c1-3-5-7-9-11-13-15-17-27-43(29-33-45,30-34-46)37-39-19-23-41(24-20-39)42-25-21-40(22-26-42)38-44(31-35-47,32-36-48)28-18-16-14-12-10-8-6-4-2/h19-26,45-48H,3-18,27-38H2,1-2H3/q+2. The Morgan fingerprint density at radius 1 is 0.354 bits per heavy atom. The van der Waals surface area contributed by atoms with E-state index in [1.165, 1.54) is 112 Å². The average molecular weight is 671 g/mol. The first-order valence-corrected chi connectivity index (χ1v) is 19.8. The Labute approximate surface area is 295 Å². The lowest BCUT2D eigenvalue weighted by molar-refractivity contribution is -0.941. The predicted molar refractivity (Wildman–Crippen MR) is 203 cm³/mol. The number of nitrogens with zero attached hydrogens (tertiary/aromatic N) is 2. The van der Waals surface area contributed by atoms with Gasteiger partial charge in [-0.15, -0.1) is 0 Å². The molecule has 0 heterocycles. The van der Waals surface area contributed by atoms with E-state index in [-0.39, 0.29) is 26.4 Å². The highest BCUT2D eigenvalue weighted by atomic mass is 16.3. The number of aliphatic hydroxyl groups is 4. The molecule has 0 radical (unpaired) electrons. The summed E-state index contributed by atoms with van der Waals surface area (Å²) in [6, 6.07) is 17.7. The summed E-state index contributed by atoms with van der Waals surface area (Å²) in [6.07, 6.45) is 20.5. The Hall–Kier alpha value is -1.80. The van der Waals surface area contributed by atoms with Crippen LogP contribution in [0.2, 0.25) is 0 Å². The van der Waals surface area contributed by atoms with Crippen molar-refractivity contribution in [3.05, 3.63) is 59.7 Å². The minimum atomic E-state index is 0.136. The van der Waals surface area contributed by atoms with Crippen molar-refractivity contribution in [2.45, 2.75) is 130 Å². The van der Waals surface area contributed by atoms with Gasteiger partial charge >= 0.3 is 0 Å². The van der Waals surface area contributed by atoms with Gasteiger partial charge in [0, 0.05) is 11.1 Å². The van der Waals surface area contributed by atoms with E-state index < -0.39 is 0 Å². The maximum Gasteiger partial charge on any atom is 0.104 e. The zero-order valence-corrected chi connectivity index (χ0v) is 31.1. The van der Waals surface area contributed by atoms with E-state index in [0.717, 1.165) is 48.0 Å². The summed E-state index contributed by atoms with van der Waals surface area (Å²) in [6.45, 7) is 11.4. The monoisotopic (exact) mass is 671 g/mol. The van der Waals surface area contributed by atoms with E-state index in [1.807, 2.05) is 0 Å². The van der Waals surface area contributed by atoms with Crippen molar-refractivity contribution in [1.82, 2.24) is 0 Å². The SMILES string of the molecule is CCCCCCCCCC[N+](CCO)(CCO)Cc1ccc(-c2ccc(C[N+](CCO)(CCO)CCCCCCCCCC)cc2)cc1. The zero-order valence-electron chi connectivity index (χ0n) is 31.1. The molecule has 0 unspecified atom stereocenters. The molecule has 0 fully saturated rings. The summed E-state index contributed by atoms with van der Waals surface area (Å²) in [5.41, 5.74) is 4.85. The molecule has 6 heteroatoms. The summed E-state index contributed by atoms with van der Waals surface area (Å²) < 4.78 is 1.47. The second-order valence-electron chi connectivity index (χ2n) is 14.6. The maximum absolute atomic E-state index is 9.95. The molecule has 0 amide bonds. The summed E-state index contributed by atoms with van der Waals surface area (Å²) in [4.78, 5) is 0. The second-order valence-corrected chi connectivity index (χ2v) is 14.6. The van der Waals surface area contributed by atoms with E-state index in [4.69, 9.17) is 0 Å². The van der Waals surface area contributed by atoms with Gasteiger partial charge in [0.05, 0.1) is 39.5 Å². The number of benzene rings is 2. The Morgan fingerprint density at radius 2 is 0.625 bits per heavy atom. The molecule has 274 valence electrons. The van der Waals surface area contributed by atoms with Gasteiger partial charge in [0.25, 0.3) is 0 Å². The van der Waals surface area contributed by atoms with Gasteiger partial charge in [-0.1, -0.05) is 139 Å². The van der Waals surface area contributed by atoms with Crippen LogP contribution in [-0.4, -0.2) is 95.1 Å². The fourth-order valence-corrected chi connectivity index (χ4v) is 7.54. The lowest BCUT2D eigenvalue weighted by atomic mass is 10.0. The molecule has 2 aromatic carbocycles. The number of rotatable bonds is 31. The van der Waals surface area contributed by atoms with Crippen LogP contribution in [0.1, 0.15) is 128 Å². The molecule has 0 saturated carbocycles. The molecule has 4 N–H and O–H groups in total. The maximum atomic E-state index is 9.95. The molecule has 0 aliphatic heterocycles. The van der Waals surface area contributed by atoms with Crippen LogP contribution in [0.3, 0.4) is 0 Å². The van der Waals surface area contributed by atoms with E-state index in [1.54, 1.807) is 0 Å². The molecule has 0 saturated heterocycles. The van der Waals surface area contributed by atoms with Gasteiger partial charge in [-0.25, -0.2) is 0 Å². The van der Waals surface area contributed by atoms with Crippen molar-refractivity contribution >= 4 is 0 Å². The Balaban J connectivity index is 2.00. The van der Waals surface area contributed by atoms with Gasteiger partial charge in [-0.05, 0) is 36.8 Å². The number of quaternary nitrogens is 2. The zero-order chi connectivity index (χ0) is 34.8. The third-order valence-corrected chi connectivity index (χ3v) is 10.5. The van der Waals surface area contributed by atoms with E-state index in [2.05, 4.69) is 62.4 Å². The van der Waals surface area contributed by atoms with Gasteiger partial charge < -0.3 is 29.4 Å². The summed E-state index contributed by atoms with van der Waals surface area (Å²) >= 11 is 0. The van der Waals surface area contributed by atoms with Crippen LogP contribution in [0.4, 0.5) is 0 Å². The predicted octanol–water partition coefficient (Wildman–Crippen LogP) is 8.24. The first kappa shape index (κ1) is 42.4. The third kappa shape index (κ3) is 16.7. The number of aliphatic hydroxyl groups excluding tert-OH is 4. The van der Waals surface area contributed by atoms with Crippen molar-refractivity contribution in [2.24, 2.45) is 0 Å². The highest BCUT2D eigenvalue weighted by Crippen LogP contribution is 2.25. The van der Waals surface area contributed by atoms with Gasteiger partial charge in [0.2, 0.25) is 0 Å². The first-order chi connectivity index (χ1) is 23.5. The fourth-order valence-electron chi connectivity index (χ4n) is 7.54. The van der Waals surface area contributed by atoms with Gasteiger partial charge in [0.1, 0.15) is 39.3 Å². The molecule has 0 aromatic heterocycles. The normalized spacial score (nSPS) is 12.2.